The van der Waals surface area contributed by atoms with Gasteiger partial charge < -0.3 is 4.90 Å². The SMILES string of the molecule is C/C=C1/CCN(CC(CC)CC)CC1C. The molecule has 0 aromatic heterocycles. The van der Waals surface area contributed by atoms with Crippen LogP contribution in [-0.2, 0) is 0 Å². The first-order chi connectivity index (χ1) is 7.21. The van der Waals surface area contributed by atoms with Gasteiger partial charge in [0.15, 0.2) is 0 Å². The van der Waals surface area contributed by atoms with Crippen LogP contribution < -0.4 is 0 Å². The summed E-state index contributed by atoms with van der Waals surface area (Å²) in [6.07, 6.45) is 6.27. The highest BCUT2D eigenvalue weighted by molar-refractivity contribution is 5.08. The number of likely N-dealkylation sites (tertiary alicyclic amines) is 1. The van der Waals surface area contributed by atoms with Gasteiger partial charge in [-0.1, -0.05) is 45.3 Å². The van der Waals surface area contributed by atoms with E-state index in [0.717, 1.165) is 11.8 Å². The molecule has 15 heavy (non-hydrogen) atoms. The van der Waals surface area contributed by atoms with Gasteiger partial charge >= 0.3 is 0 Å². The molecule has 1 nitrogen and oxygen atoms in total. The van der Waals surface area contributed by atoms with Gasteiger partial charge in [0, 0.05) is 19.6 Å². The van der Waals surface area contributed by atoms with Crippen molar-refractivity contribution in [3.63, 3.8) is 0 Å². The fourth-order valence-corrected chi connectivity index (χ4v) is 2.64. The summed E-state index contributed by atoms with van der Waals surface area (Å²) in [6.45, 7) is 13.1. The van der Waals surface area contributed by atoms with Gasteiger partial charge in [0.1, 0.15) is 0 Å². The lowest BCUT2D eigenvalue weighted by Gasteiger charge is -2.35. The largest absolute Gasteiger partial charge is 0.302 e. The minimum atomic E-state index is 0.776. The highest BCUT2D eigenvalue weighted by Gasteiger charge is 2.21. The van der Waals surface area contributed by atoms with Crippen LogP contribution in [-0.4, -0.2) is 24.5 Å². The van der Waals surface area contributed by atoms with Gasteiger partial charge in [0.25, 0.3) is 0 Å². The van der Waals surface area contributed by atoms with Crippen LogP contribution in [0.15, 0.2) is 11.6 Å². The molecule has 1 fully saturated rings. The lowest BCUT2D eigenvalue weighted by molar-refractivity contribution is 0.184. The van der Waals surface area contributed by atoms with E-state index in [2.05, 4.69) is 38.7 Å². The van der Waals surface area contributed by atoms with Crippen LogP contribution in [0.4, 0.5) is 0 Å². The van der Waals surface area contributed by atoms with Crippen molar-refractivity contribution in [1.82, 2.24) is 4.90 Å². The molecule has 0 aromatic carbocycles. The normalized spacial score (nSPS) is 26.5. The van der Waals surface area contributed by atoms with E-state index in [1.807, 2.05) is 0 Å². The number of hydrogen-bond donors (Lipinski definition) is 0. The molecule has 0 spiro atoms. The molecular weight excluding hydrogens is 182 g/mol. The maximum Gasteiger partial charge on any atom is 0.00446 e. The summed E-state index contributed by atoms with van der Waals surface area (Å²) >= 11 is 0. The zero-order valence-corrected chi connectivity index (χ0v) is 10.9. The number of allylic oxidation sites excluding steroid dienone is 1. The first-order valence-electron chi connectivity index (χ1n) is 6.58. The Morgan fingerprint density at radius 3 is 2.53 bits per heavy atom. The van der Waals surface area contributed by atoms with Crippen molar-refractivity contribution < 1.29 is 0 Å². The monoisotopic (exact) mass is 209 g/mol. The molecule has 1 unspecified atom stereocenters. The Morgan fingerprint density at radius 1 is 1.40 bits per heavy atom. The molecule has 1 saturated heterocycles. The summed E-state index contributed by atoms with van der Waals surface area (Å²) in [5.74, 6) is 1.68. The van der Waals surface area contributed by atoms with Gasteiger partial charge in [0.05, 0.1) is 0 Å². The van der Waals surface area contributed by atoms with Crippen molar-refractivity contribution in [2.45, 2.75) is 47.0 Å². The molecule has 0 bridgehead atoms. The van der Waals surface area contributed by atoms with Gasteiger partial charge in [-0.3, -0.25) is 0 Å². The van der Waals surface area contributed by atoms with Crippen LogP contribution >= 0.6 is 0 Å². The minimum absolute atomic E-state index is 0.776. The van der Waals surface area contributed by atoms with Crippen molar-refractivity contribution in [2.24, 2.45) is 11.8 Å². The van der Waals surface area contributed by atoms with E-state index in [-0.39, 0.29) is 0 Å². The molecule has 0 saturated carbocycles. The summed E-state index contributed by atoms with van der Waals surface area (Å²) in [6, 6.07) is 0. The van der Waals surface area contributed by atoms with Crippen LogP contribution in [0.1, 0.15) is 47.0 Å². The average Bonchev–Trinajstić information content (AvgIpc) is 2.26. The predicted octanol–water partition coefficient (Wildman–Crippen LogP) is 3.71. The Balaban J connectivity index is 2.40. The first kappa shape index (κ1) is 12.8. The molecule has 1 rings (SSSR count). The van der Waals surface area contributed by atoms with E-state index in [1.54, 1.807) is 5.57 Å². The Labute approximate surface area is 95.5 Å². The maximum atomic E-state index is 2.66. The second-order valence-electron chi connectivity index (χ2n) is 4.96. The van der Waals surface area contributed by atoms with Crippen molar-refractivity contribution in [2.75, 3.05) is 19.6 Å². The third kappa shape index (κ3) is 3.64. The predicted molar refractivity (Wildman–Crippen MR) is 68.1 cm³/mol. The van der Waals surface area contributed by atoms with Crippen molar-refractivity contribution in [3.8, 4) is 0 Å². The molecule has 1 heterocycles. The van der Waals surface area contributed by atoms with Gasteiger partial charge in [-0.2, -0.15) is 0 Å². The number of nitrogens with zero attached hydrogens (tertiary/aromatic N) is 1. The lowest BCUT2D eigenvalue weighted by Crippen LogP contribution is -2.38. The molecule has 0 aromatic rings. The third-order valence-corrected chi connectivity index (χ3v) is 3.92. The average molecular weight is 209 g/mol. The zero-order valence-electron chi connectivity index (χ0n) is 10.9. The number of piperidine rings is 1. The molecule has 1 aliphatic rings. The summed E-state index contributed by atoms with van der Waals surface area (Å²) in [7, 11) is 0. The Morgan fingerprint density at radius 2 is 2.07 bits per heavy atom. The third-order valence-electron chi connectivity index (χ3n) is 3.92. The molecule has 0 amide bonds. The molecule has 0 N–H and O–H groups in total. The van der Waals surface area contributed by atoms with Gasteiger partial charge in [0.2, 0.25) is 0 Å². The quantitative estimate of drug-likeness (QED) is 0.638. The van der Waals surface area contributed by atoms with Crippen molar-refractivity contribution >= 4 is 0 Å². The van der Waals surface area contributed by atoms with Gasteiger partial charge in [-0.05, 0) is 25.2 Å². The van der Waals surface area contributed by atoms with Crippen LogP contribution in [0.25, 0.3) is 0 Å². The summed E-state index contributed by atoms with van der Waals surface area (Å²) in [5.41, 5.74) is 1.66. The standard InChI is InChI=1S/C14H27N/c1-5-13(6-2)11-15-9-8-14(7-3)12(4)10-15/h7,12-13H,5-6,8-11H2,1-4H3/b14-7-. The fraction of sp³-hybridized carbons (Fsp3) is 0.857. The Bertz CT molecular complexity index is 203. The van der Waals surface area contributed by atoms with Gasteiger partial charge in [-0.25, -0.2) is 0 Å². The molecule has 1 heteroatoms. The van der Waals surface area contributed by atoms with Crippen LogP contribution in [0.2, 0.25) is 0 Å². The van der Waals surface area contributed by atoms with E-state index in [9.17, 15) is 0 Å². The molecule has 0 radical (unpaired) electrons. The molecule has 0 aliphatic carbocycles. The molecule has 1 atom stereocenters. The smallest absolute Gasteiger partial charge is 0.00446 e. The van der Waals surface area contributed by atoms with E-state index < -0.39 is 0 Å². The van der Waals surface area contributed by atoms with Crippen molar-refractivity contribution in [3.05, 3.63) is 11.6 Å². The van der Waals surface area contributed by atoms with E-state index in [4.69, 9.17) is 0 Å². The minimum Gasteiger partial charge on any atom is -0.302 e. The summed E-state index contributed by atoms with van der Waals surface area (Å²) in [5, 5.41) is 0. The first-order valence-corrected chi connectivity index (χ1v) is 6.58. The second kappa shape index (κ2) is 6.32. The van der Waals surface area contributed by atoms with Crippen LogP contribution in [0, 0.1) is 11.8 Å². The molecule has 88 valence electrons. The highest BCUT2D eigenvalue weighted by atomic mass is 15.1. The topological polar surface area (TPSA) is 3.24 Å². The van der Waals surface area contributed by atoms with E-state index in [1.165, 1.54) is 38.9 Å². The number of hydrogen-bond acceptors (Lipinski definition) is 1. The van der Waals surface area contributed by atoms with Crippen LogP contribution in [0.5, 0.6) is 0 Å². The molecular formula is C14H27N. The Hall–Kier alpha value is -0.300. The molecule has 1 aliphatic heterocycles. The van der Waals surface area contributed by atoms with Crippen LogP contribution in [0.3, 0.4) is 0 Å². The second-order valence-corrected chi connectivity index (χ2v) is 4.96. The summed E-state index contributed by atoms with van der Waals surface area (Å²) in [4.78, 5) is 2.66. The fourth-order valence-electron chi connectivity index (χ4n) is 2.64. The summed E-state index contributed by atoms with van der Waals surface area (Å²) < 4.78 is 0. The zero-order chi connectivity index (χ0) is 11.3. The van der Waals surface area contributed by atoms with E-state index in [0.29, 0.717) is 0 Å². The maximum absolute atomic E-state index is 2.66. The lowest BCUT2D eigenvalue weighted by atomic mass is 9.92. The van der Waals surface area contributed by atoms with Crippen molar-refractivity contribution in [1.29, 1.82) is 0 Å². The van der Waals surface area contributed by atoms with E-state index >= 15 is 0 Å². The number of rotatable bonds is 4. The highest BCUT2D eigenvalue weighted by Crippen LogP contribution is 2.23. The van der Waals surface area contributed by atoms with Gasteiger partial charge in [-0.15, -0.1) is 0 Å². The Kier molecular flexibility index (Phi) is 5.38.